The van der Waals surface area contributed by atoms with Gasteiger partial charge in [0.1, 0.15) is 5.69 Å². The zero-order chi connectivity index (χ0) is 10.6. The number of hydrogen-bond acceptors (Lipinski definition) is 3. The standard InChI is InChI=1S/C8H16N6/c1-6(2)11-8(9)10-4-7-5-14(3)13-12-7/h5-6H,4H2,1-3H3,(H3,9,10,11). The Morgan fingerprint density at radius 2 is 2.43 bits per heavy atom. The monoisotopic (exact) mass is 196 g/mol. The molecule has 0 unspecified atom stereocenters. The Labute approximate surface area is 83.2 Å². The maximum absolute atomic E-state index is 5.61. The third kappa shape index (κ3) is 3.42. The van der Waals surface area contributed by atoms with Crippen LogP contribution >= 0.6 is 0 Å². The van der Waals surface area contributed by atoms with Crippen LogP contribution < -0.4 is 11.1 Å². The van der Waals surface area contributed by atoms with Crippen LogP contribution in [0.25, 0.3) is 0 Å². The van der Waals surface area contributed by atoms with Gasteiger partial charge < -0.3 is 11.1 Å². The number of nitrogens with two attached hydrogens (primary N) is 1. The lowest BCUT2D eigenvalue weighted by atomic mass is 10.4. The van der Waals surface area contributed by atoms with Crippen molar-refractivity contribution in [3.63, 3.8) is 0 Å². The minimum absolute atomic E-state index is 0.292. The molecule has 0 saturated heterocycles. The van der Waals surface area contributed by atoms with Crippen LogP contribution in [-0.4, -0.2) is 27.0 Å². The SMILES string of the molecule is CC(C)NC(N)=NCc1cn(C)nn1. The third-order valence-corrected chi connectivity index (χ3v) is 1.50. The van der Waals surface area contributed by atoms with Gasteiger partial charge in [-0.25, -0.2) is 4.99 Å². The minimum atomic E-state index is 0.292. The van der Waals surface area contributed by atoms with E-state index in [0.717, 1.165) is 5.69 Å². The molecule has 0 aliphatic carbocycles. The summed E-state index contributed by atoms with van der Waals surface area (Å²) < 4.78 is 1.64. The van der Waals surface area contributed by atoms with Crippen LogP contribution in [0, 0.1) is 0 Å². The second kappa shape index (κ2) is 4.59. The summed E-state index contributed by atoms with van der Waals surface area (Å²) in [6, 6.07) is 0.292. The molecule has 78 valence electrons. The molecule has 0 atom stereocenters. The first kappa shape index (κ1) is 10.5. The number of nitrogens with zero attached hydrogens (tertiary/aromatic N) is 4. The molecule has 1 rings (SSSR count). The van der Waals surface area contributed by atoms with Crippen molar-refractivity contribution in [1.29, 1.82) is 0 Å². The lowest BCUT2D eigenvalue weighted by molar-refractivity contribution is 0.712. The summed E-state index contributed by atoms with van der Waals surface area (Å²) in [5, 5.41) is 10.7. The van der Waals surface area contributed by atoms with Crippen molar-refractivity contribution < 1.29 is 0 Å². The number of aromatic nitrogens is 3. The predicted molar refractivity (Wildman–Crippen MR) is 54.6 cm³/mol. The van der Waals surface area contributed by atoms with Crippen LogP contribution in [0.2, 0.25) is 0 Å². The van der Waals surface area contributed by atoms with Crippen LogP contribution in [0.15, 0.2) is 11.2 Å². The summed E-state index contributed by atoms with van der Waals surface area (Å²) in [5.74, 6) is 0.436. The van der Waals surface area contributed by atoms with Crippen molar-refractivity contribution in [2.45, 2.75) is 26.4 Å². The average molecular weight is 196 g/mol. The summed E-state index contributed by atoms with van der Waals surface area (Å²) in [6.45, 7) is 4.47. The van der Waals surface area contributed by atoms with Crippen molar-refractivity contribution in [2.24, 2.45) is 17.8 Å². The fraction of sp³-hybridized carbons (Fsp3) is 0.625. The first-order valence-electron chi connectivity index (χ1n) is 4.49. The fourth-order valence-electron chi connectivity index (χ4n) is 0.975. The van der Waals surface area contributed by atoms with E-state index < -0.39 is 0 Å². The highest BCUT2D eigenvalue weighted by atomic mass is 15.4. The van der Waals surface area contributed by atoms with Crippen LogP contribution in [0.3, 0.4) is 0 Å². The largest absolute Gasteiger partial charge is 0.370 e. The first-order chi connectivity index (χ1) is 6.58. The van der Waals surface area contributed by atoms with E-state index in [0.29, 0.717) is 18.5 Å². The highest BCUT2D eigenvalue weighted by Gasteiger charge is 1.98. The molecule has 3 N–H and O–H groups in total. The Morgan fingerprint density at radius 1 is 1.71 bits per heavy atom. The van der Waals surface area contributed by atoms with Crippen LogP contribution in [0.1, 0.15) is 19.5 Å². The molecule has 0 bridgehead atoms. The zero-order valence-electron chi connectivity index (χ0n) is 8.73. The normalized spacial score (nSPS) is 12.1. The molecule has 0 aliphatic heterocycles. The number of aryl methyl sites for hydroxylation is 1. The van der Waals surface area contributed by atoms with Gasteiger partial charge in [-0.1, -0.05) is 5.21 Å². The molecule has 1 aromatic heterocycles. The highest BCUT2D eigenvalue weighted by Crippen LogP contribution is 1.93. The van der Waals surface area contributed by atoms with Gasteiger partial charge in [0.25, 0.3) is 0 Å². The van der Waals surface area contributed by atoms with E-state index in [1.165, 1.54) is 0 Å². The molecule has 0 saturated carbocycles. The lowest BCUT2D eigenvalue weighted by Gasteiger charge is -2.07. The number of nitrogens with one attached hydrogen (secondary N) is 1. The number of hydrogen-bond donors (Lipinski definition) is 2. The zero-order valence-corrected chi connectivity index (χ0v) is 8.73. The third-order valence-electron chi connectivity index (χ3n) is 1.50. The van der Waals surface area contributed by atoms with Crippen molar-refractivity contribution in [2.75, 3.05) is 0 Å². The molecule has 0 aliphatic rings. The van der Waals surface area contributed by atoms with Gasteiger partial charge in [-0.2, -0.15) is 0 Å². The minimum Gasteiger partial charge on any atom is -0.370 e. The Morgan fingerprint density at radius 3 is 2.93 bits per heavy atom. The molecule has 0 aromatic carbocycles. The Balaban J connectivity index is 2.46. The van der Waals surface area contributed by atoms with Crippen molar-refractivity contribution in [3.05, 3.63) is 11.9 Å². The van der Waals surface area contributed by atoms with E-state index in [1.54, 1.807) is 4.68 Å². The average Bonchev–Trinajstić information content (AvgIpc) is 2.47. The molecule has 14 heavy (non-hydrogen) atoms. The fourth-order valence-corrected chi connectivity index (χ4v) is 0.975. The molecule has 6 heteroatoms. The van der Waals surface area contributed by atoms with Gasteiger partial charge in [0.05, 0.1) is 6.54 Å². The van der Waals surface area contributed by atoms with Crippen LogP contribution in [0.4, 0.5) is 0 Å². The highest BCUT2D eigenvalue weighted by molar-refractivity contribution is 5.77. The van der Waals surface area contributed by atoms with Gasteiger partial charge in [-0.05, 0) is 13.8 Å². The number of guanidine groups is 1. The Hall–Kier alpha value is -1.59. The van der Waals surface area contributed by atoms with Crippen molar-refractivity contribution in [3.8, 4) is 0 Å². The molecule has 0 radical (unpaired) electrons. The van der Waals surface area contributed by atoms with Gasteiger partial charge >= 0.3 is 0 Å². The molecule has 0 amide bonds. The van der Waals surface area contributed by atoms with Gasteiger partial charge in [0.2, 0.25) is 0 Å². The first-order valence-corrected chi connectivity index (χ1v) is 4.49. The second-order valence-electron chi connectivity index (χ2n) is 3.38. The molecular formula is C8H16N6. The van der Waals surface area contributed by atoms with Gasteiger partial charge in [-0.3, -0.25) is 4.68 Å². The predicted octanol–water partition coefficient (Wildman–Crippen LogP) is -0.372. The summed E-state index contributed by atoms with van der Waals surface area (Å²) >= 11 is 0. The number of aliphatic imine (C=N–C) groups is 1. The molecule has 1 aromatic rings. The quantitative estimate of drug-likeness (QED) is 0.510. The van der Waals surface area contributed by atoms with Gasteiger partial charge in [-0.15, -0.1) is 5.10 Å². The van der Waals surface area contributed by atoms with Crippen molar-refractivity contribution in [1.82, 2.24) is 20.3 Å². The molecular weight excluding hydrogens is 180 g/mol. The molecule has 1 heterocycles. The van der Waals surface area contributed by atoms with E-state index >= 15 is 0 Å². The van der Waals surface area contributed by atoms with Crippen molar-refractivity contribution >= 4 is 5.96 Å². The maximum atomic E-state index is 5.61. The summed E-state index contributed by atoms with van der Waals surface area (Å²) in [4.78, 5) is 4.12. The van der Waals surface area contributed by atoms with Crippen LogP contribution in [0.5, 0.6) is 0 Å². The molecule has 0 fully saturated rings. The van der Waals surface area contributed by atoms with Crippen LogP contribution in [-0.2, 0) is 13.6 Å². The van der Waals surface area contributed by atoms with E-state index in [9.17, 15) is 0 Å². The topological polar surface area (TPSA) is 81.1 Å². The van der Waals surface area contributed by atoms with E-state index in [1.807, 2.05) is 27.1 Å². The summed E-state index contributed by atoms with van der Waals surface area (Å²) in [5.41, 5.74) is 6.42. The maximum Gasteiger partial charge on any atom is 0.189 e. The molecule has 0 spiro atoms. The Kier molecular flexibility index (Phi) is 3.44. The summed E-state index contributed by atoms with van der Waals surface area (Å²) in [6.07, 6.45) is 1.81. The summed E-state index contributed by atoms with van der Waals surface area (Å²) in [7, 11) is 1.82. The second-order valence-corrected chi connectivity index (χ2v) is 3.38. The number of rotatable bonds is 3. The Bertz CT molecular complexity index is 313. The van der Waals surface area contributed by atoms with Gasteiger partial charge in [0.15, 0.2) is 5.96 Å². The van der Waals surface area contributed by atoms with E-state index in [4.69, 9.17) is 5.73 Å². The lowest BCUT2D eigenvalue weighted by Crippen LogP contribution is -2.36. The van der Waals surface area contributed by atoms with E-state index in [2.05, 4.69) is 20.6 Å². The van der Waals surface area contributed by atoms with Gasteiger partial charge in [0, 0.05) is 19.3 Å². The van der Waals surface area contributed by atoms with E-state index in [-0.39, 0.29) is 0 Å². The molecule has 6 nitrogen and oxygen atoms in total. The smallest absolute Gasteiger partial charge is 0.189 e.